The van der Waals surface area contributed by atoms with Gasteiger partial charge in [0.2, 0.25) is 0 Å². The normalized spacial score (nSPS) is 18.1. The fourth-order valence-electron chi connectivity index (χ4n) is 5.52. The third-order valence-electron chi connectivity index (χ3n) is 7.69. The van der Waals surface area contributed by atoms with Gasteiger partial charge in [-0.05, 0) is 74.1 Å². The van der Waals surface area contributed by atoms with E-state index in [1.807, 2.05) is 11.3 Å². The van der Waals surface area contributed by atoms with Crippen LogP contribution < -0.4 is 4.74 Å². The Hall–Kier alpha value is -1.42. The van der Waals surface area contributed by atoms with Gasteiger partial charge in [-0.1, -0.05) is 96.3 Å². The van der Waals surface area contributed by atoms with E-state index in [0.29, 0.717) is 5.92 Å². The Labute approximate surface area is 219 Å². The number of benzene rings is 1. The number of aromatic nitrogens is 2. The Morgan fingerprint density at radius 3 is 2.26 bits per heavy atom. The van der Waals surface area contributed by atoms with E-state index in [1.165, 1.54) is 112 Å². The molecule has 0 atom stereocenters. The summed E-state index contributed by atoms with van der Waals surface area (Å²) in [6.45, 7) is 7.54. The maximum absolute atomic E-state index is 6.04. The monoisotopic (exact) mass is 498 g/mol. The lowest BCUT2D eigenvalue weighted by molar-refractivity contribution is 0.300. The number of nitrogens with zero attached hydrogens (tertiary/aromatic N) is 2. The number of hydrogen-bond donors (Lipinski definition) is 0. The van der Waals surface area contributed by atoms with E-state index >= 15 is 0 Å². The molecule has 4 heteroatoms. The summed E-state index contributed by atoms with van der Waals surface area (Å²) < 4.78 is 6.04. The quantitative estimate of drug-likeness (QED) is 0.203. The molecule has 0 amide bonds. The zero-order valence-corrected chi connectivity index (χ0v) is 23.6. The van der Waals surface area contributed by atoms with Gasteiger partial charge in [-0.2, -0.15) is 0 Å². The Kier molecular flexibility index (Phi) is 13.2. The van der Waals surface area contributed by atoms with Crippen molar-refractivity contribution in [3.8, 4) is 16.3 Å². The minimum absolute atomic E-state index is 0.619. The van der Waals surface area contributed by atoms with Crippen molar-refractivity contribution in [2.45, 2.75) is 136 Å². The molecule has 1 heterocycles. The second kappa shape index (κ2) is 16.3. The number of ether oxygens (including phenoxy) is 1. The lowest BCUT2D eigenvalue weighted by Crippen LogP contribution is -2.14. The van der Waals surface area contributed by atoms with E-state index in [1.54, 1.807) is 0 Å². The van der Waals surface area contributed by atoms with Crippen LogP contribution >= 0.6 is 11.3 Å². The molecule has 1 fully saturated rings. The average molecular weight is 499 g/mol. The minimum Gasteiger partial charge on any atom is -0.494 e. The minimum atomic E-state index is 0.619. The molecule has 2 aromatic rings. The van der Waals surface area contributed by atoms with Crippen molar-refractivity contribution in [3.05, 3.63) is 28.8 Å². The molecular formula is C31H50N2OS. The molecular weight excluding hydrogens is 448 g/mol. The molecule has 0 unspecified atom stereocenters. The van der Waals surface area contributed by atoms with Crippen molar-refractivity contribution in [1.29, 1.82) is 0 Å². The summed E-state index contributed by atoms with van der Waals surface area (Å²) in [7, 11) is 0. The third kappa shape index (κ3) is 9.52. The predicted molar refractivity (Wildman–Crippen MR) is 152 cm³/mol. The standard InChI is InChI=1S/C31H50N2OS/c1-4-7-9-10-11-12-14-16-30-32-33-31(35-30)28-22-21-27(34-23-6-3)24-29(28)26-19-17-25(18-20-26)15-13-8-5-2/h21-22,24-26H,4-20,23H2,1-3H3. The van der Waals surface area contributed by atoms with E-state index in [4.69, 9.17) is 4.74 Å². The van der Waals surface area contributed by atoms with Crippen molar-refractivity contribution in [2.24, 2.45) is 5.92 Å². The number of hydrogen-bond acceptors (Lipinski definition) is 4. The molecule has 0 bridgehead atoms. The van der Waals surface area contributed by atoms with Crippen molar-refractivity contribution in [2.75, 3.05) is 6.61 Å². The maximum atomic E-state index is 6.04. The Morgan fingerprint density at radius 1 is 0.800 bits per heavy atom. The van der Waals surface area contributed by atoms with Gasteiger partial charge in [-0.25, -0.2) is 0 Å². The highest BCUT2D eigenvalue weighted by Crippen LogP contribution is 2.43. The number of aryl methyl sites for hydroxylation is 1. The van der Waals surface area contributed by atoms with Crippen LogP contribution in [0.4, 0.5) is 0 Å². The van der Waals surface area contributed by atoms with Crippen LogP contribution in [-0.4, -0.2) is 16.8 Å². The summed E-state index contributed by atoms with van der Waals surface area (Å²) in [5.74, 6) is 2.56. The van der Waals surface area contributed by atoms with Crippen molar-refractivity contribution < 1.29 is 4.74 Å². The molecule has 1 aromatic carbocycles. The van der Waals surface area contributed by atoms with E-state index in [9.17, 15) is 0 Å². The fourth-order valence-corrected chi connectivity index (χ4v) is 6.45. The van der Waals surface area contributed by atoms with Crippen LogP contribution in [0.15, 0.2) is 18.2 Å². The summed E-state index contributed by atoms with van der Waals surface area (Å²) in [5, 5.41) is 11.6. The first kappa shape index (κ1) is 28.2. The Bertz CT molecular complexity index is 825. The first-order valence-corrected chi connectivity index (χ1v) is 15.7. The molecule has 1 saturated carbocycles. The molecule has 1 aliphatic rings. The van der Waals surface area contributed by atoms with Crippen molar-refractivity contribution >= 4 is 11.3 Å². The van der Waals surface area contributed by atoms with Crippen LogP contribution in [0.1, 0.15) is 140 Å². The summed E-state index contributed by atoms with van der Waals surface area (Å²) in [6.07, 6.45) is 22.4. The highest BCUT2D eigenvalue weighted by Gasteiger charge is 2.25. The van der Waals surface area contributed by atoms with Gasteiger partial charge in [0.1, 0.15) is 15.8 Å². The average Bonchev–Trinajstić information content (AvgIpc) is 3.36. The van der Waals surface area contributed by atoms with Gasteiger partial charge in [0.05, 0.1) is 6.61 Å². The molecule has 0 aliphatic heterocycles. The SMILES string of the molecule is CCCCCCCCCc1nnc(-c2ccc(OCCC)cc2C2CCC(CCCCC)CC2)s1. The number of unbranched alkanes of at least 4 members (excludes halogenated alkanes) is 8. The fraction of sp³-hybridized carbons (Fsp3) is 0.742. The molecule has 0 radical (unpaired) electrons. The molecule has 1 aliphatic carbocycles. The third-order valence-corrected chi connectivity index (χ3v) is 8.71. The van der Waals surface area contributed by atoms with E-state index in [2.05, 4.69) is 49.2 Å². The lowest BCUT2D eigenvalue weighted by Gasteiger charge is -2.30. The van der Waals surface area contributed by atoms with Gasteiger partial charge in [0.15, 0.2) is 0 Å². The van der Waals surface area contributed by atoms with Crippen molar-refractivity contribution in [3.63, 3.8) is 0 Å². The van der Waals surface area contributed by atoms with Crippen LogP contribution in [0.2, 0.25) is 0 Å². The Balaban J connectivity index is 1.62. The largest absolute Gasteiger partial charge is 0.494 e. The molecule has 3 nitrogen and oxygen atoms in total. The molecule has 0 N–H and O–H groups in total. The summed E-state index contributed by atoms with van der Waals surface area (Å²) in [6, 6.07) is 6.72. The molecule has 1 aromatic heterocycles. The second-order valence-corrected chi connectivity index (χ2v) is 11.7. The molecule has 3 rings (SSSR count). The van der Waals surface area contributed by atoms with Crippen LogP contribution in [0.3, 0.4) is 0 Å². The topological polar surface area (TPSA) is 35.0 Å². The first-order chi connectivity index (χ1) is 17.2. The number of rotatable bonds is 17. The lowest BCUT2D eigenvalue weighted by atomic mass is 9.76. The van der Waals surface area contributed by atoms with Gasteiger partial charge >= 0.3 is 0 Å². The van der Waals surface area contributed by atoms with Crippen LogP contribution in [0.5, 0.6) is 5.75 Å². The van der Waals surface area contributed by atoms with Crippen LogP contribution in [-0.2, 0) is 6.42 Å². The van der Waals surface area contributed by atoms with Crippen LogP contribution in [0.25, 0.3) is 10.6 Å². The van der Waals surface area contributed by atoms with E-state index < -0.39 is 0 Å². The van der Waals surface area contributed by atoms with Gasteiger partial charge in [-0.3, -0.25) is 0 Å². The zero-order valence-electron chi connectivity index (χ0n) is 22.8. The molecule has 35 heavy (non-hydrogen) atoms. The summed E-state index contributed by atoms with van der Waals surface area (Å²) >= 11 is 1.81. The first-order valence-electron chi connectivity index (χ1n) is 14.8. The van der Waals surface area contributed by atoms with Gasteiger partial charge in [0.25, 0.3) is 0 Å². The van der Waals surface area contributed by atoms with Crippen LogP contribution in [0, 0.1) is 5.92 Å². The van der Waals surface area contributed by atoms with Gasteiger partial charge in [-0.15, -0.1) is 10.2 Å². The second-order valence-electron chi connectivity index (χ2n) is 10.7. The van der Waals surface area contributed by atoms with Crippen molar-refractivity contribution in [1.82, 2.24) is 10.2 Å². The van der Waals surface area contributed by atoms with Gasteiger partial charge in [0, 0.05) is 12.0 Å². The zero-order chi connectivity index (χ0) is 24.7. The summed E-state index contributed by atoms with van der Waals surface area (Å²) in [5.41, 5.74) is 2.75. The smallest absolute Gasteiger partial charge is 0.148 e. The van der Waals surface area contributed by atoms with E-state index in [0.717, 1.165) is 36.1 Å². The predicted octanol–water partition coefficient (Wildman–Crippen LogP) is 10.1. The highest BCUT2D eigenvalue weighted by atomic mass is 32.1. The highest BCUT2D eigenvalue weighted by molar-refractivity contribution is 7.14. The molecule has 0 spiro atoms. The van der Waals surface area contributed by atoms with Gasteiger partial charge < -0.3 is 4.74 Å². The molecule has 196 valence electrons. The van der Waals surface area contributed by atoms with E-state index in [-0.39, 0.29) is 0 Å². The Morgan fingerprint density at radius 2 is 1.51 bits per heavy atom. The maximum Gasteiger partial charge on any atom is 0.148 e. The summed E-state index contributed by atoms with van der Waals surface area (Å²) in [4.78, 5) is 0. The molecule has 0 saturated heterocycles.